The Morgan fingerprint density at radius 1 is 0.822 bits per heavy atom. The van der Waals surface area contributed by atoms with E-state index in [0.717, 1.165) is 10.7 Å². The van der Waals surface area contributed by atoms with Crippen LogP contribution in [-0.4, -0.2) is 44.3 Å². The van der Waals surface area contributed by atoms with Gasteiger partial charge in [0.15, 0.2) is 0 Å². The van der Waals surface area contributed by atoms with Crippen molar-refractivity contribution in [2.75, 3.05) is 17.4 Å². The minimum atomic E-state index is -4.20. The Balaban J connectivity index is 1.71. The molecule has 0 radical (unpaired) electrons. The van der Waals surface area contributed by atoms with Gasteiger partial charge in [-0.1, -0.05) is 79.5 Å². The number of hydrogen-bond donors (Lipinski definition) is 1. The van der Waals surface area contributed by atoms with E-state index in [1.165, 1.54) is 17.0 Å². The van der Waals surface area contributed by atoms with Gasteiger partial charge < -0.3 is 15.0 Å². The Morgan fingerprint density at radius 2 is 1.44 bits per heavy atom. The number of nitrogens with zero attached hydrogens (tertiary/aromatic N) is 2. The molecule has 236 valence electrons. The fraction of sp³-hybridized carbons (Fsp3) is 0.235. The largest absolute Gasteiger partial charge is 0.457 e. The number of sulfonamides is 1. The van der Waals surface area contributed by atoms with E-state index in [4.69, 9.17) is 27.9 Å². The van der Waals surface area contributed by atoms with Crippen molar-refractivity contribution in [2.45, 2.75) is 44.2 Å². The van der Waals surface area contributed by atoms with E-state index in [9.17, 15) is 18.0 Å². The van der Waals surface area contributed by atoms with Crippen molar-refractivity contribution >= 4 is 50.7 Å². The second-order valence-electron chi connectivity index (χ2n) is 10.2. The van der Waals surface area contributed by atoms with E-state index in [0.29, 0.717) is 40.1 Å². The molecule has 0 spiro atoms. The van der Waals surface area contributed by atoms with Crippen LogP contribution in [0.1, 0.15) is 32.3 Å². The molecule has 0 saturated carbocycles. The molecule has 1 unspecified atom stereocenters. The van der Waals surface area contributed by atoms with E-state index in [1.54, 1.807) is 67.6 Å². The molecule has 4 aromatic rings. The lowest BCUT2D eigenvalue weighted by atomic mass is 10.1. The first-order chi connectivity index (χ1) is 21.6. The van der Waals surface area contributed by atoms with Crippen LogP contribution < -0.4 is 14.4 Å². The summed E-state index contributed by atoms with van der Waals surface area (Å²) in [6, 6.07) is 27.6. The number of rotatable bonds is 14. The summed E-state index contributed by atoms with van der Waals surface area (Å²) in [4.78, 5) is 28.9. The summed E-state index contributed by atoms with van der Waals surface area (Å²) in [6.07, 6.45) is 1.02. The predicted octanol–water partition coefficient (Wildman–Crippen LogP) is 7.31. The molecule has 11 heteroatoms. The summed E-state index contributed by atoms with van der Waals surface area (Å²) in [7, 11) is -4.20. The number of halogens is 2. The van der Waals surface area contributed by atoms with Crippen molar-refractivity contribution < 1.29 is 22.7 Å². The van der Waals surface area contributed by atoms with Gasteiger partial charge in [0.25, 0.3) is 10.0 Å². The minimum Gasteiger partial charge on any atom is -0.457 e. The van der Waals surface area contributed by atoms with Crippen LogP contribution in [0, 0.1) is 0 Å². The number of carbonyl (C=O) groups is 2. The molecule has 1 N–H and O–H groups in total. The number of hydrogen-bond acceptors (Lipinski definition) is 5. The molecule has 0 fully saturated rings. The fourth-order valence-electron chi connectivity index (χ4n) is 4.67. The Morgan fingerprint density at radius 3 is 2.04 bits per heavy atom. The number of benzene rings is 4. The monoisotopic (exact) mass is 667 g/mol. The maximum Gasteiger partial charge on any atom is 0.264 e. The zero-order valence-electron chi connectivity index (χ0n) is 25.0. The number of amides is 2. The highest BCUT2D eigenvalue weighted by molar-refractivity contribution is 7.92. The van der Waals surface area contributed by atoms with Crippen LogP contribution in [0.15, 0.2) is 108 Å². The summed E-state index contributed by atoms with van der Waals surface area (Å²) in [6.45, 7) is 3.62. The number of nitrogens with one attached hydrogen (secondary N) is 1. The van der Waals surface area contributed by atoms with Crippen LogP contribution in [0.3, 0.4) is 0 Å². The van der Waals surface area contributed by atoms with Gasteiger partial charge in [-0.25, -0.2) is 8.42 Å². The summed E-state index contributed by atoms with van der Waals surface area (Å²) in [5.74, 6) is 0.226. The molecule has 0 aromatic heterocycles. The average Bonchev–Trinajstić information content (AvgIpc) is 3.05. The second kappa shape index (κ2) is 15.8. The molecule has 8 nitrogen and oxygen atoms in total. The van der Waals surface area contributed by atoms with Gasteiger partial charge in [0.05, 0.1) is 20.6 Å². The number of carbonyl (C=O) groups excluding carboxylic acids is 2. The molecule has 1 atom stereocenters. The predicted molar refractivity (Wildman–Crippen MR) is 178 cm³/mol. The minimum absolute atomic E-state index is 0.0108. The zero-order chi connectivity index (χ0) is 32.4. The molecule has 0 aliphatic carbocycles. The van der Waals surface area contributed by atoms with Crippen LogP contribution in [0.25, 0.3) is 0 Å². The van der Waals surface area contributed by atoms with Crippen molar-refractivity contribution in [1.29, 1.82) is 0 Å². The van der Waals surface area contributed by atoms with E-state index >= 15 is 0 Å². The molecule has 0 heterocycles. The van der Waals surface area contributed by atoms with Gasteiger partial charge in [0.1, 0.15) is 24.1 Å². The molecule has 45 heavy (non-hydrogen) atoms. The number of para-hydroxylation sites is 1. The molecule has 0 saturated heterocycles. The highest BCUT2D eigenvalue weighted by Gasteiger charge is 2.33. The molecule has 0 aliphatic rings. The van der Waals surface area contributed by atoms with Crippen molar-refractivity contribution in [3.8, 4) is 11.5 Å². The van der Waals surface area contributed by atoms with Crippen molar-refractivity contribution in [3.63, 3.8) is 0 Å². The Hall–Kier alpha value is -4.05. The maximum atomic E-state index is 14.2. The summed E-state index contributed by atoms with van der Waals surface area (Å²) < 4.78 is 35.0. The van der Waals surface area contributed by atoms with Crippen LogP contribution in [0.5, 0.6) is 11.5 Å². The third-order valence-corrected chi connectivity index (χ3v) is 9.51. The Kier molecular flexibility index (Phi) is 11.9. The molecule has 0 aliphatic heterocycles. The Bertz CT molecular complexity index is 1690. The van der Waals surface area contributed by atoms with Crippen LogP contribution in [0.2, 0.25) is 10.0 Å². The highest BCUT2D eigenvalue weighted by atomic mass is 35.5. The average molecular weight is 669 g/mol. The van der Waals surface area contributed by atoms with Gasteiger partial charge in [-0.3, -0.25) is 13.9 Å². The van der Waals surface area contributed by atoms with Gasteiger partial charge in [-0.05, 0) is 79.1 Å². The molecule has 2 amide bonds. The lowest BCUT2D eigenvalue weighted by Gasteiger charge is -2.33. The normalized spacial score (nSPS) is 11.8. The van der Waals surface area contributed by atoms with Crippen LogP contribution in [0.4, 0.5) is 5.69 Å². The quantitative estimate of drug-likeness (QED) is 0.152. The zero-order valence-corrected chi connectivity index (χ0v) is 27.4. The molecule has 4 rings (SSSR count). The fourth-order valence-corrected chi connectivity index (χ4v) is 6.43. The van der Waals surface area contributed by atoms with E-state index < -0.39 is 28.5 Å². The molecular weight excluding hydrogens is 633 g/mol. The third kappa shape index (κ3) is 8.78. The standard InChI is InChI=1S/C34H35Cl2N3O5S/c1-3-21-37-34(41)32(4-2)38(23-25-15-20-30(35)31(36)22-25)33(40)24-39(45(42,43)29-13-9-6-10-14-29)26-16-18-28(19-17-26)44-27-11-7-5-8-12-27/h5-20,22,32H,3-4,21,23-24H2,1-2H3,(H,37,41). The highest BCUT2D eigenvalue weighted by Crippen LogP contribution is 2.29. The van der Waals surface area contributed by atoms with Crippen molar-refractivity contribution in [3.05, 3.63) is 119 Å². The first-order valence-corrected chi connectivity index (χ1v) is 16.8. The lowest BCUT2D eigenvalue weighted by molar-refractivity contribution is -0.140. The first-order valence-electron chi connectivity index (χ1n) is 14.6. The van der Waals surface area contributed by atoms with Gasteiger partial charge in [-0.2, -0.15) is 0 Å². The maximum absolute atomic E-state index is 14.2. The molecular formula is C34H35Cl2N3O5S. The summed E-state index contributed by atoms with van der Waals surface area (Å²) >= 11 is 12.4. The van der Waals surface area contributed by atoms with Gasteiger partial charge in [0.2, 0.25) is 11.8 Å². The molecule has 0 bridgehead atoms. The third-order valence-electron chi connectivity index (χ3n) is 6.99. The molecule has 4 aromatic carbocycles. The first kappa shape index (κ1) is 33.8. The van der Waals surface area contributed by atoms with Gasteiger partial charge in [0, 0.05) is 13.1 Å². The van der Waals surface area contributed by atoms with Gasteiger partial charge >= 0.3 is 0 Å². The smallest absolute Gasteiger partial charge is 0.264 e. The van der Waals surface area contributed by atoms with Crippen molar-refractivity contribution in [1.82, 2.24) is 10.2 Å². The SMILES string of the molecule is CCCNC(=O)C(CC)N(Cc1ccc(Cl)c(Cl)c1)C(=O)CN(c1ccc(Oc2ccccc2)cc1)S(=O)(=O)c1ccccc1. The van der Waals surface area contributed by atoms with Gasteiger partial charge in [-0.15, -0.1) is 0 Å². The van der Waals surface area contributed by atoms with Crippen LogP contribution in [-0.2, 0) is 26.2 Å². The Labute approximate surface area is 274 Å². The number of ether oxygens (including phenoxy) is 1. The lowest BCUT2D eigenvalue weighted by Crippen LogP contribution is -2.52. The topological polar surface area (TPSA) is 96.0 Å². The summed E-state index contributed by atoms with van der Waals surface area (Å²) in [5.41, 5.74) is 0.893. The number of anilines is 1. The van der Waals surface area contributed by atoms with E-state index in [1.807, 2.05) is 37.3 Å². The second-order valence-corrected chi connectivity index (χ2v) is 12.9. The van der Waals surface area contributed by atoms with Crippen molar-refractivity contribution in [2.24, 2.45) is 0 Å². The van der Waals surface area contributed by atoms with Crippen LogP contribution >= 0.6 is 23.2 Å². The summed E-state index contributed by atoms with van der Waals surface area (Å²) in [5, 5.41) is 3.52. The van der Waals surface area contributed by atoms with E-state index in [-0.39, 0.29) is 23.0 Å². The van der Waals surface area contributed by atoms with E-state index in [2.05, 4.69) is 5.32 Å².